The Morgan fingerprint density at radius 3 is 1.08 bits per heavy atom. The van der Waals surface area contributed by atoms with Crippen molar-refractivity contribution in [3.05, 3.63) is 0 Å². The van der Waals surface area contributed by atoms with Gasteiger partial charge in [-0.1, -0.05) is 0 Å². The number of carbonyl (C=O) groups is 2. The maximum Gasteiger partial charge on any atom is 0.438 e. The highest BCUT2D eigenvalue weighted by Crippen LogP contribution is 2.50. The molecule has 0 bridgehead atoms. The quantitative estimate of drug-likeness (QED) is 0.339. The molecule has 0 aromatic rings. The Kier molecular flexibility index (Phi) is 11.4. The van der Waals surface area contributed by atoms with E-state index in [0.29, 0.717) is 0 Å². The molecular formula is C12H24O10P2. The fourth-order valence-corrected chi connectivity index (χ4v) is 3.81. The van der Waals surface area contributed by atoms with E-state index >= 15 is 0 Å². The molecule has 0 atom stereocenters. The van der Waals surface area contributed by atoms with Crippen LogP contribution in [0.25, 0.3) is 0 Å². The van der Waals surface area contributed by atoms with Crippen LogP contribution < -0.4 is 0 Å². The fraction of sp³-hybridized carbons (Fsp3) is 0.833. The van der Waals surface area contributed by atoms with Crippen molar-refractivity contribution in [1.82, 2.24) is 0 Å². The molecule has 0 aliphatic heterocycles. The molecule has 0 radical (unpaired) electrons. The second-order valence-corrected chi connectivity index (χ2v) is 7.65. The summed E-state index contributed by atoms with van der Waals surface area (Å²) in [5.41, 5.74) is -2.39. The number of rotatable bonds is 13. The lowest BCUT2D eigenvalue weighted by Gasteiger charge is -2.16. The minimum atomic E-state index is -4.03. The van der Waals surface area contributed by atoms with E-state index in [0.717, 1.165) is 0 Å². The molecule has 142 valence electrons. The summed E-state index contributed by atoms with van der Waals surface area (Å²) in [6.07, 6.45) is 0. The van der Waals surface area contributed by atoms with Gasteiger partial charge in [0.1, 0.15) is 13.2 Å². The number of carbonyl (C=O) groups excluding carboxylic acids is 2. The van der Waals surface area contributed by atoms with Crippen LogP contribution in [-0.4, -0.2) is 51.1 Å². The zero-order valence-corrected chi connectivity index (χ0v) is 16.0. The van der Waals surface area contributed by atoms with Crippen molar-refractivity contribution in [2.45, 2.75) is 27.7 Å². The molecule has 0 saturated carbocycles. The topological polar surface area (TPSA) is 124 Å². The molecule has 24 heavy (non-hydrogen) atoms. The van der Waals surface area contributed by atoms with Crippen LogP contribution in [0.3, 0.4) is 0 Å². The van der Waals surface area contributed by atoms with Crippen molar-refractivity contribution < 1.29 is 46.3 Å². The fourth-order valence-electron chi connectivity index (χ4n) is 1.38. The van der Waals surface area contributed by atoms with Gasteiger partial charge in [0.2, 0.25) is 0 Å². The SMILES string of the molecule is CCOP(=O)(OCC)C(=O)OCCOC(=O)P(=O)(OCC)OCC. The highest BCUT2D eigenvalue weighted by molar-refractivity contribution is 7.71. The van der Waals surface area contributed by atoms with Crippen LogP contribution in [0.15, 0.2) is 0 Å². The highest BCUT2D eigenvalue weighted by Gasteiger charge is 2.38. The van der Waals surface area contributed by atoms with E-state index in [1.54, 1.807) is 27.7 Å². The molecule has 0 aliphatic carbocycles. The van der Waals surface area contributed by atoms with Crippen LogP contribution in [0, 0.1) is 0 Å². The van der Waals surface area contributed by atoms with Crippen molar-refractivity contribution in [2.75, 3.05) is 39.6 Å². The molecule has 0 spiro atoms. The Balaban J connectivity index is 4.46. The second kappa shape index (κ2) is 11.7. The van der Waals surface area contributed by atoms with Gasteiger partial charge in [0.25, 0.3) is 0 Å². The zero-order valence-electron chi connectivity index (χ0n) is 14.2. The predicted molar refractivity (Wildman–Crippen MR) is 84.4 cm³/mol. The molecular weight excluding hydrogens is 366 g/mol. The number of hydrogen-bond donors (Lipinski definition) is 0. The molecule has 0 aliphatic rings. The Labute approximate surface area is 141 Å². The molecule has 0 heterocycles. The average Bonchev–Trinajstić information content (AvgIpc) is 2.52. The van der Waals surface area contributed by atoms with Crippen LogP contribution in [0.5, 0.6) is 0 Å². The Morgan fingerprint density at radius 2 is 0.875 bits per heavy atom. The summed E-state index contributed by atoms with van der Waals surface area (Å²) in [6, 6.07) is 0. The smallest absolute Gasteiger partial charge is 0.438 e. The van der Waals surface area contributed by atoms with E-state index in [1.165, 1.54) is 0 Å². The second-order valence-electron chi connectivity index (χ2n) is 3.89. The summed E-state index contributed by atoms with van der Waals surface area (Å²) < 4.78 is 52.7. The predicted octanol–water partition coefficient (Wildman–Crippen LogP) is 3.79. The molecule has 0 fully saturated rings. The molecule has 0 amide bonds. The molecule has 0 aromatic heterocycles. The monoisotopic (exact) mass is 390 g/mol. The third-order valence-corrected chi connectivity index (χ3v) is 5.72. The van der Waals surface area contributed by atoms with E-state index in [9.17, 15) is 18.7 Å². The van der Waals surface area contributed by atoms with Gasteiger partial charge in [-0.2, -0.15) is 0 Å². The minimum Gasteiger partial charge on any atom is -0.453 e. The summed E-state index contributed by atoms with van der Waals surface area (Å²) >= 11 is 0. The first-order valence-electron chi connectivity index (χ1n) is 7.42. The lowest BCUT2D eigenvalue weighted by molar-refractivity contribution is 0.106. The molecule has 0 aromatic carbocycles. The van der Waals surface area contributed by atoms with E-state index in [-0.39, 0.29) is 26.4 Å². The summed E-state index contributed by atoms with van der Waals surface area (Å²) in [7, 11) is -8.07. The highest BCUT2D eigenvalue weighted by atomic mass is 31.2. The van der Waals surface area contributed by atoms with Gasteiger partial charge in [-0.3, -0.25) is 0 Å². The Hall–Kier alpha value is -0.760. The van der Waals surface area contributed by atoms with Gasteiger partial charge in [0.15, 0.2) is 0 Å². The minimum absolute atomic E-state index is 0.00669. The van der Waals surface area contributed by atoms with Gasteiger partial charge < -0.3 is 27.6 Å². The summed E-state index contributed by atoms with van der Waals surface area (Å²) in [4.78, 5) is 23.4. The maximum absolute atomic E-state index is 12.1. The van der Waals surface area contributed by atoms with Crippen LogP contribution in [0.1, 0.15) is 27.7 Å². The maximum atomic E-state index is 12.1. The van der Waals surface area contributed by atoms with Crippen LogP contribution in [-0.2, 0) is 36.7 Å². The van der Waals surface area contributed by atoms with Crippen molar-refractivity contribution >= 4 is 26.6 Å². The van der Waals surface area contributed by atoms with Crippen LogP contribution in [0.4, 0.5) is 9.59 Å². The molecule has 0 rings (SSSR count). The van der Waals surface area contributed by atoms with Crippen molar-refractivity contribution in [3.63, 3.8) is 0 Å². The third-order valence-electron chi connectivity index (χ3n) is 2.18. The first kappa shape index (κ1) is 23.2. The first-order valence-corrected chi connectivity index (χ1v) is 10.5. The van der Waals surface area contributed by atoms with Gasteiger partial charge in [0.05, 0.1) is 26.4 Å². The number of hydrogen-bond acceptors (Lipinski definition) is 10. The van der Waals surface area contributed by atoms with Crippen LogP contribution >= 0.6 is 15.2 Å². The largest absolute Gasteiger partial charge is 0.453 e. The Bertz CT molecular complexity index is 428. The van der Waals surface area contributed by atoms with Gasteiger partial charge in [-0.15, -0.1) is 0 Å². The van der Waals surface area contributed by atoms with Crippen molar-refractivity contribution in [3.8, 4) is 0 Å². The molecule has 0 unspecified atom stereocenters. The standard InChI is InChI=1S/C12H24O10P2/c1-5-19-23(15,20-6-2)11(13)17-9-10-18-12(14)24(16,21-7-3)22-8-4/h5-10H2,1-4H3. The van der Waals surface area contributed by atoms with Gasteiger partial charge >= 0.3 is 26.6 Å². The van der Waals surface area contributed by atoms with E-state index in [1.807, 2.05) is 0 Å². The van der Waals surface area contributed by atoms with Crippen molar-refractivity contribution in [1.29, 1.82) is 0 Å². The van der Waals surface area contributed by atoms with E-state index in [2.05, 4.69) is 0 Å². The molecule has 10 nitrogen and oxygen atoms in total. The van der Waals surface area contributed by atoms with Gasteiger partial charge in [0, 0.05) is 0 Å². The lowest BCUT2D eigenvalue weighted by atomic mass is 10.8. The van der Waals surface area contributed by atoms with E-state index < -0.39 is 39.8 Å². The lowest BCUT2D eigenvalue weighted by Crippen LogP contribution is -2.16. The molecule has 12 heteroatoms. The van der Waals surface area contributed by atoms with Crippen molar-refractivity contribution in [2.24, 2.45) is 0 Å². The molecule has 0 saturated heterocycles. The normalized spacial score (nSPS) is 12.0. The summed E-state index contributed by atoms with van der Waals surface area (Å²) in [5, 5.41) is 0. The first-order chi connectivity index (χ1) is 11.3. The number of ether oxygens (including phenoxy) is 2. The van der Waals surface area contributed by atoms with Gasteiger partial charge in [-0.25, -0.2) is 18.7 Å². The van der Waals surface area contributed by atoms with Gasteiger partial charge in [-0.05, 0) is 27.7 Å². The van der Waals surface area contributed by atoms with Crippen LogP contribution in [0.2, 0.25) is 0 Å². The average molecular weight is 390 g/mol. The molecule has 0 N–H and O–H groups in total. The summed E-state index contributed by atoms with van der Waals surface area (Å²) in [6.45, 7) is 5.29. The Morgan fingerprint density at radius 1 is 0.625 bits per heavy atom. The third kappa shape index (κ3) is 7.42. The summed E-state index contributed by atoms with van der Waals surface area (Å²) in [5.74, 6) is 0. The zero-order chi connectivity index (χ0) is 18.6. The van der Waals surface area contributed by atoms with E-state index in [4.69, 9.17) is 27.6 Å².